The molecule has 0 saturated carbocycles. The Labute approximate surface area is 155 Å². The number of nitrogens with one attached hydrogen (secondary N) is 1. The van der Waals surface area contributed by atoms with Crippen molar-refractivity contribution in [1.29, 1.82) is 0 Å². The number of hydrogen-bond donors (Lipinski definition) is 1. The van der Waals surface area contributed by atoms with Gasteiger partial charge in [0.25, 0.3) is 11.8 Å². The van der Waals surface area contributed by atoms with Crippen LogP contribution in [0.3, 0.4) is 0 Å². The molecule has 27 heavy (non-hydrogen) atoms. The molecule has 0 spiro atoms. The number of aliphatic imine (C=N–C) groups is 1. The Morgan fingerprint density at radius 2 is 2.22 bits per heavy atom. The largest absolute Gasteiger partial charge is 0.461 e. The fraction of sp³-hybridized carbons (Fsp3) is 0.200. The van der Waals surface area contributed by atoms with Crippen molar-refractivity contribution in [2.75, 3.05) is 0 Å². The lowest BCUT2D eigenvalue weighted by Gasteiger charge is -2.29. The van der Waals surface area contributed by atoms with E-state index in [0.717, 1.165) is 16.8 Å². The molecule has 2 aliphatic rings. The number of carbonyl (C=O) groups excluding carboxylic acids is 2. The van der Waals surface area contributed by atoms with Crippen LogP contribution in [0, 0.1) is 5.92 Å². The second-order valence-electron chi connectivity index (χ2n) is 6.30. The number of allylic oxidation sites excluding steroid dienone is 3. The highest BCUT2D eigenvalue weighted by atomic mass is 16.5. The number of amides is 2. The summed E-state index contributed by atoms with van der Waals surface area (Å²) in [5, 5.41) is 6.64. The van der Waals surface area contributed by atoms with Gasteiger partial charge < -0.3 is 14.3 Å². The van der Waals surface area contributed by atoms with Gasteiger partial charge in [0.15, 0.2) is 11.5 Å². The molecular weight excluding hydrogens is 346 g/mol. The number of hydrogen-bond acceptors (Lipinski definition) is 5. The standard InChI is InChI=1S/C20H17N3O4/c1-3-13-11(2)14-7-6-12(9-15(14)22-19(13)24)21-20(25)16-10-18(27-23-16)17-5-4-8-26-17/h4-10,14H,3H2,1-2H3,(H,22,24). The number of aromatic nitrogens is 1. The molecule has 2 aromatic heterocycles. The van der Waals surface area contributed by atoms with Crippen molar-refractivity contribution in [2.24, 2.45) is 10.9 Å². The summed E-state index contributed by atoms with van der Waals surface area (Å²) in [6, 6.07) is 4.91. The molecule has 2 aromatic rings. The zero-order valence-corrected chi connectivity index (χ0v) is 14.9. The zero-order valence-electron chi connectivity index (χ0n) is 14.9. The van der Waals surface area contributed by atoms with Gasteiger partial charge in [0, 0.05) is 23.3 Å². The SMILES string of the molecule is CCC1=C(C)C2C=CC(=NC(=O)c3cc(-c4ccco4)on3)C=C2NC1=O. The van der Waals surface area contributed by atoms with Crippen LogP contribution in [0.15, 0.2) is 73.5 Å². The van der Waals surface area contributed by atoms with Crippen LogP contribution >= 0.6 is 0 Å². The van der Waals surface area contributed by atoms with E-state index in [2.05, 4.69) is 15.5 Å². The van der Waals surface area contributed by atoms with Gasteiger partial charge in [0.1, 0.15) is 0 Å². The fourth-order valence-corrected chi connectivity index (χ4v) is 3.25. The van der Waals surface area contributed by atoms with Crippen molar-refractivity contribution in [1.82, 2.24) is 10.5 Å². The molecule has 7 heteroatoms. The number of furan rings is 1. The highest BCUT2D eigenvalue weighted by Crippen LogP contribution is 2.31. The molecule has 0 saturated heterocycles. The van der Waals surface area contributed by atoms with Gasteiger partial charge in [-0.2, -0.15) is 0 Å². The molecule has 0 fully saturated rings. The number of carbonyl (C=O) groups is 2. The molecule has 0 bridgehead atoms. The van der Waals surface area contributed by atoms with E-state index in [1.54, 1.807) is 24.3 Å². The summed E-state index contributed by atoms with van der Waals surface area (Å²) in [5.74, 6) is 0.210. The van der Waals surface area contributed by atoms with Crippen LogP contribution in [0.5, 0.6) is 0 Å². The first kappa shape index (κ1) is 17.0. The first-order valence-corrected chi connectivity index (χ1v) is 8.61. The molecule has 1 N–H and O–H groups in total. The molecule has 136 valence electrons. The zero-order chi connectivity index (χ0) is 19.0. The van der Waals surface area contributed by atoms with Crippen molar-refractivity contribution in [3.8, 4) is 11.5 Å². The molecular formula is C20H17N3O4. The summed E-state index contributed by atoms with van der Waals surface area (Å²) in [6.07, 6.45) is 7.60. The van der Waals surface area contributed by atoms with Crippen molar-refractivity contribution in [2.45, 2.75) is 20.3 Å². The minimum Gasteiger partial charge on any atom is -0.461 e. The summed E-state index contributed by atoms with van der Waals surface area (Å²) >= 11 is 0. The van der Waals surface area contributed by atoms with E-state index < -0.39 is 5.91 Å². The lowest BCUT2D eigenvalue weighted by Crippen LogP contribution is -2.36. The maximum Gasteiger partial charge on any atom is 0.299 e. The van der Waals surface area contributed by atoms with E-state index in [0.29, 0.717) is 23.7 Å². The van der Waals surface area contributed by atoms with E-state index in [-0.39, 0.29) is 17.5 Å². The molecule has 3 heterocycles. The maximum absolute atomic E-state index is 12.4. The molecule has 2 amide bonds. The second-order valence-corrected chi connectivity index (χ2v) is 6.30. The van der Waals surface area contributed by atoms with Crippen molar-refractivity contribution < 1.29 is 18.5 Å². The average Bonchev–Trinajstić information content (AvgIpc) is 3.33. The van der Waals surface area contributed by atoms with E-state index >= 15 is 0 Å². The number of rotatable bonds is 3. The third-order valence-corrected chi connectivity index (χ3v) is 4.65. The highest BCUT2D eigenvalue weighted by Gasteiger charge is 2.29. The van der Waals surface area contributed by atoms with Crippen LogP contribution in [0.2, 0.25) is 0 Å². The number of fused-ring (bicyclic) bond motifs is 1. The minimum absolute atomic E-state index is 0.00399. The fourth-order valence-electron chi connectivity index (χ4n) is 3.25. The molecule has 0 radical (unpaired) electrons. The summed E-state index contributed by atoms with van der Waals surface area (Å²) in [7, 11) is 0. The van der Waals surface area contributed by atoms with Gasteiger partial charge in [-0.15, -0.1) is 0 Å². The normalized spacial score (nSPS) is 20.5. The quantitative estimate of drug-likeness (QED) is 0.901. The Balaban J connectivity index is 1.58. The van der Waals surface area contributed by atoms with E-state index in [1.165, 1.54) is 12.3 Å². The van der Waals surface area contributed by atoms with Gasteiger partial charge in [-0.05, 0) is 37.6 Å². The Morgan fingerprint density at radius 3 is 2.96 bits per heavy atom. The Hall–Kier alpha value is -3.48. The van der Waals surface area contributed by atoms with Gasteiger partial charge in [-0.1, -0.05) is 23.7 Å². The topological polar surface area (TPSA) is 97.7 Å². The summed E-state index contributed by atoms with van der Waals surface area (Å²) in [6.45, 7) is 3.92. The molecule has 1 aliphatic heterocycles. The Kier molecular flexibility index (Phi) is 4.19. The third kappa shape index (κ3) is 3.08. The van der Waals surface area contributed by atoms with Crippen LogP contribution in [-0.2, 0) is 4.79 Å². The Morgan fingerprint density at radius 1 is 1.37 bits per heavy atom. The highest BCUT2D eigenvalue weighted by molar-refractivity contribution is 6.14. The average molecular weight is 363 g/mol. The van der Waals surface area contributed by atoms with Gasteiger partial charge >= 0.3 is 0 Å². The molecule has 4 rings (SSSR count). The van der Waals surface area contributed by atoms with Crippen LogP contribution < -0.4 is 5.32 Å². The minimum atomic E-state index is -0.532. The predicted molar refractivity (Wildman–Crippen MR) is 97.8 cm³/mol. The predicted octanol–water partition coefficient (Wildman–Crippen LogP) is 3.44. The summed E-state index contributed by atoms with van der Waals surface area (Å²) < 4.78 is 10.3. The maximum atomic E-state index is 12.4. The van der Waals surface area contributed by atoms with Crippen molar-refractivity contribution in [3.05, 3.63) is 65.2 Å². The molecule has 1 atom stereocenters. The van der Waals surface area contributed by atoms with E-state index in [4.69, 9.17) is 8.94 Å². The first-order valence-electron chi connectivity index (χ1n) is 8.61. The van der Waals surface area contributed by atoms with Gasteiger partial charge in [-0.25, -0.2) is 4.99 Å². The van der Waals surface area contributed by atoms with Crippen LogP contribution in [0.25, 0.3) is 11.5 Å². The molecule has 7 nitrogen and oxygen atoms in total. The molecule has 0 aromatic carbocycles. The Bertz CT molecular complexity index is 1040. The van der Waals surface area contributed by atoms with Crippen LogP contribution in [-0.4, -0.2) is 22.7 Å². The molecule has 1 aliphatic carbocycles. The van der Waals surface area contributed by atoms with Gasteiger partial charge in [-0.3, -0.25) is 9.59 Å². The smallest absolute Gasteiger partial charge is 0.299 e. The molecule has 1 unspecified atom stereocenters. The lowest BCUT2D eigenvalue weighted by molar-refractivity contribution is -0.117. The summed E-state index contributed by atoms with van der Waals surface area (Å²) in [4.78, 5) is 28.6. The first-order chi connectivity index (χ1) is 13.1. The number of nitrogens with zero attached hydrogens (tertiary/aromatic N) is 2. The lowest BCUT2D eigenvalue weighted by atomic mass is 9.84. The van der Waals surface area contributed by atoms with Gasteiger partial charge in [0.2, 0.25) is 5.76 Å². The monoisotopic (exact) mass is 363 g/mol. The van der Waals surface area contributed by atoms with E-state index in [1.807, 2.05) is 19.9 Å². The van der Waals surface area contributed by atoms with Gasteiger partial charge in [0.05, 0.1) is 12.0 Å². The van der Waals surface area contributed by atoms with Crippen molar-refractivity contribution in [3.63, 3.8) is 0 Å². The van der Waals surface area contributed by atoms with Crippen molar-refractivity contribution >= 4 is 17.5 Å². The second kappa shape index (κ2) is 6.68. The van der Waals surface area contributed by atoms with E-state index in [9.17, 15) is 9.59 Å². The summed E-state index contributed by atoms with van der Waals surface area (Å²) in [5.41, 5.74) is 3.07. The van der Waals surface area contributed by atoms with Crippen LogP contribution in [0.4, 0.5) is 0 Å². The third-order valence-electron chi connectivity index (χ3n) is 4.65. The van der Waals surface area contributed by atoms with Crippen LogP contribution in [0.1, 0.15) is 30.8 Å².